The number of aliphatic hydroxyl groups excluding tert-OH is 1. The SMILES string of the molecule is CCc1cc2c(c(C(C)(C)C)c1)OCCC[C@H]2O. The van der Waals surface area contributed by atoms with E-state index in [0.29, 0.717) is 6.61 Å². The van der Waals surface area contributed by atoms with Gasteiger partial charge in [-0.15, -0.1) is 0 Å². The molecule has 1 aliphatic rings. The molecule has 0 aliphatic carbocycles. The Morgan fingerprint density at radius 1 is 1.33 bits per heavy atom. The minimum absolute atomic E-state index is 0.0410. The van der Waals surface area contributed by atoms with Crippen molar-refractivity contribution in [3.05, 3.63) is 28.8 Å². The molecule has 100 valence electrons. The molecule has 1 aromatic rings. The van der Waals surface area contributed by atoms with Crippen LogP contribution in [0.2, 0.25) is 0 Å². The molecule has 1 N–H and O–H groups in total. The molecule has 18 heavy (non-hydrogen) atoms. The van der Waals surface area contributed by atoms with Crippen molar-refractivity contribution in [1.29, 1.82) is 0 Å². The number of hydrogen-bond acceptors (Lipinski definition) is 2. The van der Waals surface area contributed by atoms with Gasteiger partial charge >= 0.3 is 0 Å². The molecule has 0 unspecified atom stereocenters. The molecule has 1 aromatic carbocycles. The van der Waals surface area contributed by atoms with E-state index in [-0.39, 0.29) is 11.5 Å². The number of hydrogen-bond donors (Lipinski definition) is 1. The van der Waals surface area contributed by atoms with Crippen LogP contribution in [0.4, 0.5) is 0 Å². The summed E-state index contributed by atoms with van der Waals surface area (Å²) in [5.41, 5.74) is 3.53. The average molecular weight is 248 g/mol. The first-order valence-corrected chi connectivity index (χ1v) is 6.91. The van der Waals surface area contributed by atoms with Crippen LogP contribution in [0.15, 0.2) is 12.1 Å². The largest absolute Gasteiger partial charge is 0.493 e. The van der Waals surface area contributed by atoms with Gasteiger partial charge in [-0.3, -0.25) is 0 Å². The van der Waals surface area contributed by atoms with Crippen LogP contribution in [0.1, 0.15) is 63.3 Å². The summed E-state index contributed by atoms with van der Waals surface area (Å²) in [6.07, 6.45) is 2.32. The second-order valence-corrected chi connectivity index (χ2v) is 6.17. The molecule has 0 spiro atoms. The van der Waals surface area contributed by atoms with E-state index in [9.17, 15) is 5.11 Å². The smallest absolute Gasteiger partial charge is 0.128 e. The summed E-state index contributed by atoms with van der Waals surface area (Å²) in [6, 6.07) is 4.34. The van der Waals surface area contributed by atoms with Gasteiger partial charge in [0.25, 0.3) is 0 Å². The highest BCUT2D eigenvalue weighted by atomic mass is 16.5. The minimum atomic E-state index is -0.380. The maximum absolute atomic E-state index is 10.3. The first-order chi connectivity index (χ1) is 8.43. The molecule has 0 saturated carbocycles. The molecule has 0 saturated heterocycles. The van der Waals surface area contributed by atoms with E-state index in [1.807, 2.05) is 0 Å². The molecular formula is C16H24O2. The lowest BCUT2D eigenvalue weighted by Gasteiger charge is -2.26. The quantitative estimate of drug-likeness (QED) is 0.820. The number of ether oxygens (including phenoxy) is 1. The molecule has 0 fully saturated rings. The van der Waals surface area contributed by atoms with Crippen molar-refractivity contribution in [3.63, 3.8) is 0 Å². The summed E-state index contributed by atoms with van der Waals surface area (Å²) in [6.45, 7) is 9.45. The van der Waals surface area contributed by atoms with E-state index in [1.165, 1.54) is 11.1 Å². The van der Waals surface area contributed by atoms with Gasteiger partial charge in [0.05, 0.1) is 12.7 Å². The number of aryl methyl sites for hydroxylation is 1. The highest BCUT2D eigenvalue weighted by Gasteiger charge is 2.26. The molecule has 1 aliphatic heterocycles. The number of benzene rings is 1. The maximum Gasteiger partial charge on any atom is 0.128 e. The fourth-order valence-electron chi connectivity index (χ4n) is 2.49. The zero-order valence-electron chi connectivity index (χ0n) is 11.9. The van der Waals surface area contributed by atoms with Crippen LogP contribution in [-0.2, 0) is 11.8 Å². The summed E-state index contributed by atoms with van der Waals surface area (Å²) >= 11 is 0. The van der Waals surface area contributed by atoms with Crippen LogP contribution in [0.25, 0.3) is 0 Å². The Balaban J connectivity index is 2.62. The summed E-state index contributed by atoms with van der Waals surface area (Å²) in [5.74, 6) is 0.921. The Morgan fingerprint density at radius 2 is 2.06 bits per heavy atom. The van der Waals surface area contributed by atoms with E-state index in [1.54, 1.807) is 0 Å². The lowest BCUT2D eigenvalue weighted by atomic mass is 9.83. The summed E-state index contributed by atoms with van der Waals surface area (Å²) < 4.78 is 5.92. The van der Waals surface area contributed by atoms with Crippen LogP contribution in [0.5, 0.6) is 5.75 Å². The van der Waals surface area contributed by atoms with Gasteiger partial charge in [0.2, 0.25) is 0 Å². The van der Waals surface area contributed by atoms with Crippen molar-refractivity contribution in [2.75, 3.05) is 6.61 Å². The normalized spacial score (nSPS) is 19.9. The lowest BCUT2D eigenvalue weighted by Crippen LogP contribution is -2.15. The highest BCUT2D eigenvalue weighted by Crippen LogP contribution is 2.40. The van der Waals surface area contributed by atoms with E-state index >= 15 is 0 Å². The van der Waals surface area contributed by atoms with Gasteiger partial charge in [-0.1, -0.05) is 33.8 Å². The molecule has 1 heterocycles. The Morgan fingerprint density at radius 3 is 2.67 bits per heavy atom. The monoisotopic (exact) mass is 248 g/mol. The third-order valence-electron chi connectivity index (χ3n) is 3.62. The Labute approximate surface area is 110 Å². The van der Waals surface area contributed by atoms with Crippen molar-refractivity contribution < 1.29 is 9.84 Å². The maximum atomic E-state index is 10.3. The standard InChI is InChI=1S/C16H24O2/c1-5-11-9-12-14(17)7-6-8-18-15(12)13(10-11)16(2,3)4/h9-10,14,17H,5-8H2,1-4H3/t14-/m1/s1. The van der Waals surface area contributed by atoms with E-state index in [0.717, 1.165) is 30.6 Å². The average Bonchev–Trinajstić information content (AvgIpc) is 2.49. The first kappa shape index (κ1) is 13.4. The summed E-state index contributed by atoms with van der Waals surface area (Å²) in [7, 11) is 0. The van der Waals surface area contributed by atoms with Crippen LogP contribution >= 0.6 is 0 Å². The van der Waals surface area contributed by atoms with Crippen LogP contribution in [0, 0.1) is 0 Å². The second-order valence-electron chi connectivity index (χ2n) is 6.17. The van der Waals surface area contributed by atoms with Gasteiger partial charge in [-0.2, -0.15) is 0 Å². The zero-order chi connectivity index (χ0) is 13.3. The molecular weight excluding hydrogens is 224 g/mol. The van der Waals surface area contributed by atoms with Gasteiger partial charge in [0, 0.05) is 11.1 Å². The topological polar surface area (TPSA) is 29.5 Å². The third-order valence-corrected chi connectivity index (χ3v) is 3.62. The fourth-order valence-corrected chi connectivity index (χ4v) is 2.49. The van der Waals surface area contributed by atoms with Crippen LogP contribution < -0.4 is 4.74 Å². The Hall–Kier alpha value is -1.02. The minimum Gasteiger partial charge on any atom is -0.493 e. The Bertz CT molecular complexity index is 429. The van der Waals surface area contributed by atoms with Crippen LogP contribution in [0.3, 0.4) is 0 Å². The number of aliphatic hydroxyl groups is 1. The molecule has 0 bridgehead atoms. The van der Waals surface area contributed by atoms with Crippen molar-refractivity contribution in [2.24, 2.45) is 0 Å². The summed E-state index contributed by atoms with van der Waals surface area (Å²) in [4.78, 5) is 0. The molecule has 2 rings (SSSR count). The van der Waals surface area contributed by atoms with Crippen molar-refractivity contribution in [1.82, 2.24) is 0 Å². The van der Waals surface area contributed by atoms with Crippen molar-refractivity contribution in [2.45, 2.75) is 58.5 Å². The van der Waals surface area contributed by atoms with Crippen molar-refractivity contribution >= 4 is 0 Å². The van der Waals surface area contributed by atoms with Gasteiger partial charge in [0.1, 0.15) is 5.75 Å². The van der Waals surface area contributed by atoms with E-state index in [4.69, 9.17) is 4.74 Å². The predicted molar refractivity (Wildman–Crippen MR) is 74.2 cm³/mol. The summed E-state index contributed by atoms with van der Waals surface area (Å²) in [5, 5.41) is 10.3. The predicted octanol–water partition coefficient (Wildman–Crippen LogP) is 3.75. The zero-order valence-corrected chi connectivity index (χ0v) is 11.9. The first-order valence-electron chi connectivity index (χ1n) is 6.91. The van der Waals surface area contributed by atoms with Gasteiger partial charge in [0.15, 0.2) is 0 Å². The molecule has 2 heteroatoms. The fraction of sp³-hybridized carbons (Fsp3) is 0.625. The molecule has 0 radical (unpaired) electrons. The lowest BCUT2D eigenvalue weighted by molar-refractivity contribution is 0.167. The molecule has 1 atom stereocenters. The second kappa shape index (κ2) is 4.93. The molecule has 2 nitrogen and oxygen atoms in total. The van der Waals surface area contributed by atoms with Gasteiger partial charge in [-0.05, 0) is 36.3 Å². The van der Waals surface area contributed by atoms with E-state index in [2.05, 4.69) is 39.8 Å². The van der Waals surface area contributed by atoms with Gasteiger partial charge < -0.3 is 9.84 Å². The van der Waals surface area contributed by atoms with Crippen molar-refractivity contribution in [3.8, 4) is 5.75 Å². The third kappa shape index (κ3) is 2.54. The molecule has 0 amide bonds. The number of fused-ring (bicyclic) bond motifs is 1. The van der Waals surface area contributed by atoms with Crippen LogP contribution in [-0.4, -0.2) is 11.7 Å². The number of rotatable bonds is 1. The van der Waals surface area contributed by atoms with E-state index < -0.39 is 0 Å². The Kier molecular flexibility index (Phi) is 3.67. The molecule has 0 aromatic heterocycles. The van der Waals surface area contributed by atoms with Gasteiger partial charge in [-0.25, -0.2) is 0 Å². The highest BCUT2D eigenvalue weighted by molar-refractivity contribution is 5.49.